The summed E-state index contributed by atoms with van der Waals surface area (Å²) in [4.78, 5) is 0. The van der Waals surface area contributed by atoms with E-state index in [1.54, 1.807) is 12.1 Å². The molecule has 23 heavy (non-hydrogen) atoms. The van der Waals surface area contributed by atoms with Gasteiger partial charge in [-0.2, -0.15) is 0 Å². The van der Waals surface area contributed by atoms with Crippen molar-refractivity contribution in [3.05, 3.63) is 71.0 Å². The Labute approximate surface area is 141 Å². The molecule has 0 spiro atoms. The van der Waals surface area contributed by atoms with E-state index < -0.39 is 0 Å². The predicted molar refractivity (Wildman–Crippen MR) is 97.6 cm³/mol. The predicted octanol–water partition coefficient (Wildman–Crippen LogP) is 7.03. The summed E-state index contributed by atoms with van der Waals surface area (Å²) in [7, 11) is 0. The van der Waals surface area contributed by atoms with E-state index in [-0.39, 0.29) is 5.82 Å². The van der Waals surface area contributed by atoms with E-state index in [0.717, 1.165) is 17.4 Å². The van der Waals surface area contributed by atoms with Crippen molar-refractivity contribution < 1.29 is 4.39 Å². The van der Waals surface area contributed by atoms with Crippen molar-refractivity contribution >= 4 is 22.4 Å². The first-order valence-corrected chi connectivity index (χ1v) is 8.54. The lowest BCUT2D eigenvalue weighted by Crippen LogP contribution is -1.90. The molecule has 0 saturated heterocycles. The third kappa shape index (κ3) is 3.56. The fourth-order valence-electron chi connectivity index (χ4n) is 2.93. The molecule has 2 heteroatoms. The third-order valence-corrected chi connectivity index (χ3v) is 4.49. The average Bonchev–Trinajstić information content (AvgIpc) is 2.56. The van der Waals surface area contributed by atoms with Crippen molar-refractivity contribution in [2.24, 2.45) is 0 Å². The zero-order valence-corrected chi connectivity index (χ0v) is 14.0. The molecule has 0 aliphatic rings. The Balaban J connectivity index is 1.96. The highest BCUT2D eigenvalue weighted by molar-refractivity contribution is 6.30. The molecule has 118 valence electrons. The van der Waals surface area contributed by atoms with Gasteiger partial charge in [0.2, 0.25) is 0 Å². The Morgan fingerprint density at radius 1 is 0.913 bits per heavy atom. The number of hydrogen-bond acceptors (Lipinski definition) is 0. The molecule has 3 aromatic rings. The van der Waals surface area contributed by atoms with Crippen LogP contribution in [0.25, 0.3) is 21.9 Å². The molecule has 0 N–H and O–H groups in total. The van der Waals surface area contributed by atoms with Gasteiger partial charge in [0.15, 0.2) is 0 Å². The van der Waals surface area contributed by atoms with Gasteiger partial charge in [-0.1, -0.05) is 73.8 Å². The standard InChI is InChI=1S/C21H20ClF/c1-2-3-4-5-15-6-12-20-17(14-15)9-13-19(21(20)23)16-7-10-18(22)11-8-16/h6-14H,2-5H2,1H3. The molecular weight excluding hydrogens is 307 g/mol. The SMILES string of the molecule is CCCCCc1ccc2c(F)c(-c3ccc(Cl)cc3)ccc2c1. The van der Waals surface area contributed by atoms with Crippen molar-refractivity contribution in [3.8, 4) is 11.1 Å². The van der Waals surface area contributed by atoms with Crippen molar-refractivity contribution in [3.63, 3.8) is 0 Å². The van der Waals surface area contributed by atoms with E-state index in [1.807, 2.05) is 36.4 Å². The molecule has 3 aromatic carbocycles. The number of halogens is 2. The second kappa shape index (κ2) is 7.14. The molecule has 0 aliphatic carbocycles. The fraction of sp³-hybridized carbons (Fsp3) is 0.238. The maximum Gasteiger partial charge on any atom is 0.138 e. The first-order valence-electron chi connectivity index (χ1n) is 8.16. The van der Waals surface area contributed by atoms with E-state index in [2.05, 4.69) is 13.0 Å². The molecule has 0 heterocycles. The number of aryl methyl sites for hydroxylation is 1. The molecule has 0 aliphatic heterocycles. The zero-order valence-electron chi connectivity index (χ0n) is 13.3. The highest BCUT2D eigenvalue weighted by Crippen LogP contribution is 2.30. The van der Waals surface area contributed by atoms with Crippen molar-refractivity contribution in [2.75, 3.05) is 0 Å². The summed E-state index contributed by atoms with van der Waals surface area (Å²) in [5.74, 6) is -0.162. The molecule has 0 amide bonds. The minimum absolute atomic E-state index is 0.162. The van der Waals surface area contributed by atoms with Crippen LogP contribution in [-0.2, 0) is 6.42 Å². The first-order chi connectivity index (χ1) is 11.2. The Morgan fingerprint density at radius 3 is 2.43 bits per heavy atom. The Kier molecular flexibility index (Phi) is 4.97. The summed E-state index contributed by atoms with van der Waals surface area (Å²) in [5.41, 5.74) is 2.75. The first kappa shape index (κ1) is 16.0. The van der Waals surface area contributed by atoms with Crippen molar-refractivity contribution in [1.29, 1.82) is 0 Å². The van der Waals surface area contributed by atoms with Crippen molar-refractivity contribution in [1.82, 2.24) is 0 Å². The number of hydrogen-bond donors (Lipinski definition) is 0. The average molecular weight is 327 g/mol. The molecular formula is C21H20ClF. The lowest BCUT2D eigenvalue weighted by atomic mass is 9.97. The Morgan fingerprint density at radius 2 is 1.70 bits per heavy atom. The van der Waals surface area contributed by atoms with Gasteiger partial charge < -0.3 is 0 Å². The maximum absolute atomic E-state index is 14.9. The van der Waals surface area contributed by atoms with E-state index in [1.165, 1.54) is 24.8 Å². The van der Waals surface area contributed by atoms with E-state index in [9.17, 15) is 4.39 Å². The van der Waals surface area contributed by atoms with Gasteiger partial charge in [0.05, 0.1) is 0 Å². The fourth-order valence-corrected chi connectivity index (χ4v) is 3.05. The number of unbranched alkanes of at least 4 members (excludes halogenated alkanes) is 2. The third-order valence-electron chi connectivity index (χ3n) is 4.24. The van der Waals surface area contributed by atoms with Crippen LogP contribution in [0.5, 0.6) is 0 Å². The Hall–Kier alpha value is -1.86. The van der Waals surface area contributed by atoms with Gasteiger partial charge in [-0.15, -0.1) is 0 Å². The van der Waals surface area contributed by atoms with Gasteiger partial charge in [0.25, 0.3) is 0 Å². The summed E-state index contributed by atoms with van der Waals surface area (Å²) < 4.78 is 14.9. The number of rotatable bonds is 5. The molecule has 0 aromatic heterocycles. The molecule has 0 saturated carbocycles. The largest absolute Gasteiger partial charge is 0.206 e. The minimum Gasteiger partial charge on any atom is -0.206 e. The van der Waals surface area contributed by atoms with E-state index >= 15 is 0 Å². The minimum atomic E-state index is -0.162. The van der Waals surface area contributed by atoms with Crippen LogP contribution in [-0.4, -0.2) is 0 Å². The van der Waals surface area contributed by atoms with Gasteiger partial charge in [0, 0.05) is 16.0 Å². The van der Waals surface area contributed by atoms with Gasteiger partial charge in [-0.3, -0.25) is 0 Å². The van der Waals surface area contributed by atoms with Gasteiger partial charge in [0.1, 0.15) is 5.82 Å². The second-order valence-electron chi connectivity index (χ2n) is 5.95. The summed E-state index contributed by atoms with van der Waals surface area (Å²) >= 11 is 5.91. The summed E-state index contributed by atoms with van der Waals surface area (Å²) in [5, 5.41) is 2.30. The van der Waals surface area contributed by atoms with Crippen molar-refractivity contribution in [2.45, 2.75) is 32.6 Å². The lowest BCUT2D eigenvalue weighted by Gasteiger charge is -2.09. The molecule has 0 fully saturated rings. The monoisotopic (exact) mass is 326 g/mol. The van der Waals surface area contributed by atoms with Gasteiger partial charge in [-0.25, -0.2) is 4.39 Å². The van der Waals surface area contributed by atoms with Crippen LogP contribution in [0.1, 0.15) is 31.7 Å². The normalized spacial score (nSPS) is 11.1. The van der Waals surface area contributed by atoms with Crippen LogP contribution in [0, 0.1) is 5.82 Å². The summed E-state index contributed by atoms with van der Waals surface area (Å²) in [6.45, 7) is 2.20. The molecule has 0 unspecified atom stereocenters. The highest BCUT2D eigenvalue weighted by Gasteiger charge is 2.10. The molecule has 0 nitrogen and oxygen atoms in total. The van der Waals surface area contributed by atoms with Crippen LogP contribution in [0.15, 0.2) is 54.6 Å². The maximum atomic E-state index is 14.9. The van der Waals surface area contributed by atoms with E-state index in [4.69, 9.17) is 11.6 Å². The van der Waals surface area contributed by atoms with Crippen LogP contribution in [0.3, 0.4) is 0 Å². The van der Waals surface area contributed by atoms with Gasteiger partial charge in [-0.05, 0) is 41.5 Å². The number of fused-ring (bicyclic) bond motifs is 1. The zero-order chi connectivity index (χ0) is 16.2. The molecule has 3 rings (SSSR count). The lowest BCUT2D eigenvalue weighted by molar-refractivity contribution is 0.643. The van der Waals surface area contributed by atoms with E-state index in [0.29, 0.717) is 16.0 Å². The summed E-state index contributed by atoms with van der Waals surface area (Å²) in [6, 6.07) is 17.2. The topological polar surface area (TPSA) is 0 Å². The summed E-state index contributed by atoms with van der Waals surface area (Å²) in [6.07, 6.45) is 4.70. The van der Waals surface area contributed by atoms with Crippen LogP contribution in [0.2, 0.25) is 5.02 Å². The van der Waals surface area contributed by atoms with Crippen LogP contribution < -0.4 is 0 Å². The smallest absolute Gasteiger partial charge is 0.138 e. The molecule has 0 bridgehead atoms. The van der Waals surface area contributed by atoms with Gasteiger partial charge >= 0.3 is 0 Å². The van der Waals surface area contributed by atoms with Crippen LogP contribution in [0.4, 0.5) is 4.39 Å². The molecule has 0 radical (unpaired) electrons. The quantitative estimate of drug-likeness (QED) is 0.441. The molecule has 0 atom stereocenters. The second-order valence-corrected chi connectivity index (χ2v) is 6.38. The number of benzene rings is 3. The Bertz CT molecular complexity index is 806. The van der Waals surface area contributed by atoms with Crippen LogP contribution >= 0.6 is 11.6 Å². The highest BCUT2D eigenvalue weighted by atomic mass is 35.5.